The average molecular weight is 437 g/mol. The Balaban J connectivity index is 1.56. The van der Waals surface area contributed by atoms with Crippen LogP contribution in [0.1, 0.15) is 5.56 Å². The van der Waals surface area contributed by atoms with Gasteiger partial charge in [0.05, 0.1) is 16.8 Å². The van der Waals surface area contributed by atoms with Crippen molar-refractivity contribution in [2.45, 2.75) is 11.7 Å². The second-order valence-electron chi connectivity index (χ2n) is 6.44. The maximum Gasteiger partial charge on any atom is 0.268 e. The largest absolute Gasteiger partial charge is 0.351 e. The highest BCUT2D eigenvalue weighted by Crippen LogP contribution is 2.20. The molecule has 1 amide bonds. The van der Waals surface area contributed by atoms with E-state index in [9.17, 15) is 9.59 Å². The summed E-state index contributed by atoms with van der Waals surface area (Å²) in [6.07, 6.45) is 1.59. The van der Waals surface area contributed by atoms with Gasteiger partial charge in [0.1, 0.15) is 0 Å². The number of nitrogens with one attached hydrogen (secondary N) is 1. The molecule has 4 aromatic rings. The molecule has 0 unspecified atom stereocenters. The van der Waals surface area contributed by atoms with Crippen LogP contribution in [0.2, 0.25) is 5.02 Å². The lowest BCUT2D eigenvalue weighted by Gasteiger charge is -2.12. The molecule has 6 nitrogen and oxygen atoms in total. The zero-order valence-electron chi connectivity index (χ0n) is 15.8. The summed E-state index contributed by atoms with van der Waals surface area (Å²) in [5, 5.41) is 4.36. The highest BCUT2D eigenvalue weighted by atomic mass is 35.5. The van der Waals surface area contributed by atoms with Gasteiger partial charge >= 0.3 is 0 Å². The summed E-state index contributed by atoms with van der Waals surface area (Å²) >= 11 is 7.08. The first kappa shape index (κ1) is 20.1. The molecule has 0 bridgehead atoms. The number of para-hydroxylation sites is 1. The first-order valence-electron chi connectivity index (χ1n) is 9.19. The summed E-state index contributed by atoms with van der Waals surface area (Å²) in [6, 6.07) is 19.9. The number of rotatable bonds is 6. The van der Waals surface area contributed by atoms with E-state index >= 15 is 0 Å². The minimum Gasteiger partial charge on any atom is -0.351 e. The van der Waals surface area contributed by atoms with E-state index in [1.807, 2.05) is 42.5 Å². The highest BCUT2D eigenvalue weighted by Gasteiger charge is 2.15. The quantitative estimate of drug-likeness (QED) is 0.367. The number of thioether (sulfide) groups is 1. The van der Waals surface area contributed by atoms with Gasteiger partial charge in [-0.1, -0.05) is 53.7 Å². The van der Waals surface area contributed by atoms with Crippen LogP contribution >= 0.6 is 23.4 Å². The van der Waals surface area contributed by atoms with E-state index < -0.39 is 0 Å². The number of aromatic nitrogens is 3. The van der Waals surface area contributed by atoms with Crippen LogP contribution in [-0.2, 0) is 11.3 Å². The van der Waals surface area contributed by atoms with E-state index in [2.05, 4.69) is 15.3 Å². The number of benzene rings is 2. The molecule has 2 aromatic heterocycles. The number of nitrogens with zero attached hydrogens (tertiary/aromatic N) is 3. The Bertz CT molecular complexity index is 1240. The number of hydrogen-bond acceptors (Lipinski definition) is 5. The summed E-state index contributed by atoms with van der Waals surface area (Å²) in [7, 11) is 0. The first-order chi connectivity index (χ1) is 14.6. The fourth-order valence-electron chi connectivity index (χ4n) is 2.89. The highest BCUT2D eigenvalue weighted by molar-refractivity contribution is 7.99. The summed E-state index contributed by atoms with van der Waals surface area (Å²) in [6.45, 7) is 0.398. The van der Waals surface area contributed by atoms with Gasteiger partial charge in [0.25, 0.3) is 5.56 Å². The van der Waals surface area contributed by atoms with Gasteiger partial charge in [-0.2, -0.15) is 0 Å². The number of pyridine rings is 1. The average Bonchev–Trinajstić information content (AvgIpc) is 2.78. The maximum atomic E-state index is 13.1. The SMILES string of the molecule is O=C(CSc1nc2ncccc2c(=O)n1-c1ccccc1)NCc1ccc(Cl)cc1. The van der Waals surface area contributed by atoms with Crippen molar-refractivity contribution in [2.75, 3.05) is 5.75 Å². The van der Waals surface area contributed by atoms with Gasteiger partial charge in [-0.3, -0.25) is 14.2 Å². The molecule has 8 heteroatoms. The van der Waals surface area contributed by atoms with Gasteiger partial charge in [0.2, 0.25) is 5.91 Å². The molecule has 2 heterocycles. The molecule has 1 N–H and O–H groups in total. The zero-order chi connectivity index (χ0) is 20.9. The number of hydrogen-bond donors (Lipinski definition) is 1. The van der Waals surface area contributed by atoms with Crippen LogP contribution in [0.25, 0.3) is 16.7 Å². The second-order valence-corrected chi connectivity index (χ2v) is 7.82. The monoisotopic (exact) mass is 436 g/mol. The van der Waals surface area contributed by atoms with E-state index in [0.29, 0.717) is 33.4 Å². The van der Waals surface area contributed by atoms with Gasteiger partial charge in [-0.05, 0) is 42.0 Å². The van der Waals surface area contributed by atoms with Crippen LogP contribution in [0.3, 0.4) is 0 Å². The predicted octanol–water partition coefficient (Wildman–Crippen LogP) is 3.84. The molecule has 4 rings (SSSR count). The first-order valence-corrected chi connectivity index (χ1v) is 10.6. The van der Waals surface area contributed by atoms with Crippen molar-refractivity contribution in [2.24, 2.45) is 0 Å². The molecule has 0 atom stereocenters. The molecule has 150 valence electrons. The van der Waals surface area contributed by atoms with Crippen LogP contribution in [-0.4, -0.2) is 26.2 Å². The Morgan fingerprint density at radius 1 is 1.03 bits per heavy atom. The molecule has 0 fully saturated rings. The van der Waals surface area contributed by atoms with Crippen molar-refractivity contribution < 1.29 is 4.79 Å². The minimum absolute atomic E-state index is 0.116. The van der Waals surface area contributed by atoms with E-state index in [1.54, 1.807) is 30.5 Å². The third-order valence-electron chi connectivity index (χ3n) is 4.36. The third-order valence-corrected chi connectivity index (χ3v) is 5.55. The van der Waals surface area contributed by atoms with E-state index in [1.165, 1.54) is 16.3 Å². The van der Waals surface area contributed by atoms with Gasteiger partial charge in [-0.15, -0.1) is 0 Å². The van der Waals surface area contributed by atoms with Crippen molar-refractivity contribution in [3.05, 3.63) is 93.9 Å². The molecule has 0 aliphatic heterocycles. The number of carbonyl (C=O) groups excluding carboxylic acids is 1. The number of amides is 1. The molecular weight excluding hydrogens is 420 g/mol. The standard InChI is InChI=1S/C22H17ClN4O2S/c23-16-10-8-15(9-11-16)13-25-19(28)14-30-22-26-20-18(7-4-12-24-20)21(29)27(22)17-5-2-1-3-6-17/h1-12H,13-14H2,(H,25,28). The van der Waals surface area contributed by atoms with E-state index in [0.717, 1.165) is 5.56 Å². The fourth-order valence-corrected chi connectivity index (χ4v) is 3.84. The summed E-state index contributed by atoms with van der Waals surface area (Å²) in [4.78, 5) is 34.2. The maximum absolute atomic E-state index is 13.1. The van der Waals surface area contributed by atoms with Crippen LogP contribution < -0.4 is 10.9 Å². The van der Waals surface area contributed by atoms with Crippen molar-refractivity contribution in [3.8, 4) is 5.69 Å². The second kappa shape index (κ2) is 9.11. The summed E-state index contributed by atoms with van der Waals surface area (Å²) in [5.41, 5.74) is 1.78. The minimum atomic E-state index is -0.219. The lowest BCUT2D eigenvalue weighted by molar-refractivity contribution is -0.118. The van der Waals surface area contributed by atoms with Gasteiger partial charge in [0.15, 0.2) is 10.8 Å². The summed E-state index contributed by atoms with van der Waals surface area (Å²) < 4.78 is 1.52. The van der Waals surface area contributed by atoms with Gasteiger partial charge in [0, 0.05) is 17.8 Å². The number of carbonyl (C=O) groups is 1. The molecule has 0 aliphatic carbocycles. The van der Waals surface area contributed by atoms with Gasteiger partial charge < -0.3 is 5.32 Å². The van der Waals surface area contributed by atoms with Crippen LogP contribution in [0.15, 0.2) is 82.9 Å². The molecule has 30 heavy (non-hydrogen) atoms. The smallest absolute Gasteiger partial charge is 0.268 e. The molecule has 0 spiro atoms. The molecule has 0 radical (unpaired) electrons. The number of halogens is 1. The zero-order valence-corrected chi connectivity index (χ0v) is 17.4. The lowest BCUT2D eigenvalue weighted by Crippen LogP contribution is -2.26. The normalized spacial score (nSPS) is 10.8. The number of fused-ring (bicyclic) bond motifs is 1. The van der Waals surface area contributed by atoms with E-state index in [4.69, 9.17) is 11.6 Å². The van der Waals surface area contributed by atoms with Crippen LogP contribution in [0, 0.1) is 0 Å². The topological polar surface area (TPSA) is 76.9 Å². The Kier molecular flexibility index (Phi) is 6.11. The molecule has 2 aromatic carbocycles. The van der Waals surface area contributed by atoms with Gasteiger partial charge in [-0.25, -0.2) is 9.97 Å². The summed E-state index contributed by atoms with van der Waals surface area (Å²) in [5.74, 6) is -0.0458. The Morgan fingerprint density at radius 3 is 2.57 bits per heavy atom. The van der Waals surface area contributed by atoms with E-state index in [-0.39, 0.29) is 17.2 Å². The third kappa shape index (κ3) is 4.53. The Labute approximate surface area is 181 Å². The fraction of sp³-hybridized carbons (Fsp3) is 0.0909. The van der Waals surface area contributed by atoms with Crippen molar-refractivity contribution in [3.63, 3.8) is 0 Å². The van der Waals surface area contributed by atoms with Crippen molar-refractivity contribution in [1.29, 1.82) is 0 Å². The van der Waals surface area contributed by atoms with Crippen molar-refractivity contribution in [1.82, 2.24) is 19.9 Å². The Hall–Kier alpha value is -3.16. The van der Waals surface area contributed by atoms with Crippen LogP contribution in [0.4, 0.5) is 0 Å². The molecule has 0 saturated heterocycles. The van der Waals surface area contributed by atoms with Crippen molar-refractivity contribution >= 4 is 40.3 Å². The molecule has 0 aliphatic rings. The lowest BCUT2D eigenvalue weighted by atomic mass is 10.2. The Morgan fingerprint density at radius 2 is 1.80 bits per heavy atom. The van der Waals surface area contributed by atoms with Crippen LogP contribution in [0.5, 0.6) is 0 Å². The molecule has 0 saturated carbocycles. The molecular formula is C22H17ClN4O2S. The predicted molar refractivity (Wildman–Crippen MR) is 119 cm³/mol.